The first-order valence-corrected chi connectivity index (χ1v) is 10.7. The van der Waals surface area contributed by atoms with Crippen LogP contribution in [-0.4, -0.2) is 54.4 Å². The monoisotopic (exact) mass is 426 g/mol. The highest BCUT2D eigenvalue weighted by molar-refractivity contribution is 5.94. The van der Waals surface area contributed by atoms with Crippen LogP contribution in [0.3, 0.4) is 0 Å². The number of halogens is 1. The molecule has 1 heterocycles. The van der Waals surface area contributed by atoms with Gasteiger partial charge in [0.2, 0.25) is 0 Å². The third-order valence-corrected chi connectivity index (χ3v) is 5.50. The molecule has 6 heteroatoms. The predicted octanol–water partition coefficient (Wildman–Crippen LogP) is 4.19. The van der Waals surface area contributed by atoms with E-state index in [0.29, 0.717) is 38.2 Å². The van der Waals surface area contributed by atoms with Crippen LogP contribution in [0.15, 0.2) is 42.5 Å². The molecule has 0 N–H and O–H groups in total. The van der Waals surface area contributed by atoms with Crippen LogP contribution in [0.5, 0.6) is 5.75 Å². The molecule has 1 aliphatic rings. The van der Waals surface area contributed by atoms with Crippen LogP contribution in [0.2, 0.25) is 0 Å². The summed E-state index contributed by atoms with van der Waals surface area (Å²) in [4.78, 5) is 28.9. The van der Waals surface area contributed by atoms with Crippen LogP contribution in [0.4, 0.5) is 4.39 Å². The molecule has 31 heavy (non-hydrogen) atoms. The van der Waals surface area contributed by atoms with E-state index in [-0.39, 0.29) is 23.8 Å². The molecule has 2 aromatic carbocycles. The number of rotatable bonds is 4. The maximum atomic E-state index is 13.5. The average molecular weight is 427 g/mol. The molecule has 1 fully saturated rings. The lowest BCUT2D eigenvalue weighted by molar-refractivity contribution is -0.133. The molecule has 0 aliphatic carbocycles. The lowest BCUT2D eigenvalue weighted by Gasteiger charge is -2.25. The molecule has 2 amide bonds. The first-order chi connectivity index (χ1) is 14.6. The van der Waals surface area contributed by atoms with Gasteiger partial charge in [-0.1, -0.05) is 44.5 Å². The van der Waals surface area contributed by atoms with Gasteiger partial charge in [0, 0.05) is 31.7 Å². The van der Waals surface area contributed by atoms with Crippen LogP contribution in [-0.2, 0) is 10.2 Å². The minimum atomic E-state index is -0.430. The zero-order valence-corrected chi connectivity index (χ0v) is 18.8. The molecule has 0 saturated carbocycles. The quantitative estimate of drug-likeness (QED) is 0.737. The topological polar surface area (TPSA) is 49.9 Å². The Morgan fingerprint density at radius 3 is 2.42 bits per heavy atom. The van der Waals surface area contributed by atoms with Gasteiger partial charge in [-0.25, -0.2) is 4.39 Å². The zero-order chi connectivity index (χ0) is 22.6. The van der Waals surface area contributed by atoms with Gasteiger partial charge in [0.25, 0.3) is 11.8 Å². The van der Waals surface area contributed by atoms with Gasteiger partial charge in [0.05, 0.1) is 0 Å². The van der Waals surface area contributed by atoms with Gasteiger partial charge >= 0.3 is 0 Å². The van der Waals surface area contributed by atoms with E-state index in [1.165, 1.54) is 18.2 Å². The fraction of sp³-hybridized carbons (Fsp3) is 0.440. The summed E-state index contributed by atoms with van der Waals surface area (Å²) in [5.41, 5.74) is 2.46. The van der Waals surface area contributed by atoms with E-state index in [0.717, 1.165) is 16.9 Å². The molecular formula is C25H31FN2O3. The van der Waals surface area contributed by atoms with Crippen LogP contribution in [0.1, 0.15) is 48.7 Å². The summed E-state index contributed by atoms with van der Waals surface area (Å²) in [6.07, 6.45) is 0.671. The number of hydrogen-bond acceptors (Lipinski definition) is 3. The van der Waals surface area contributed by atoms with Gasteiger partial charge in [0.15, 0.2) is 6.61 Å². The molecule has 1 aliphatic heterocycles. The maximum Gasteiger partial charge on any atom is 0.260 e. The number of carbonyl (C=O) groups excluding carboxylic acids is 2. The summed E-state index contributed by atoms with van der Waals surface area (Å²) in [7, 11) is 0. The molecule has 166 valence electrons. The predicted molar refractivity (Wildman–Crippen MR) is 119 cm³/mol. The van der Waals surface area contributed by atoms with Crippen molar-refractivity contribution >= 4 is 11.8 Å². The number of benzene rings is 2. The highest BCUT2D eigenvalue weighted by atomic mass is 19.1. The van der Waals surface area contributed by atoms with Crippen LogP contribution in [0.25, 0.3) is 0 Å². The molecule has 0 aromatic heterocycles. The highest BCUT2D eigenvalue weighted by Crippen LogP contribution is 2.32. The van der Waals surface area contributed by atoms with Crippen molar-refractivity contribution in [2.75, 3.05) is 32.8 Å². The molecule has 0 spiro atoms. The lowest BCUT2D eigenvalue weighted by Crippen LogP contribution is -2.39. The van der Waals surface area contributed by atoms with Gasteiger partial charge in [-0.05, 0) is 48.6 Å². The van der Waals surface area contributed by atoms with Crippen molar-refractivity contribution in [1.82, 2.24) is 9.80 Å². The molecule has 5 nitrogen and oxygen atoms in total. The summed E-state index contributed by atoms with van der Waals surface area (Å²) in [5.74, 6) is -0.00968. The SMILES string of the molecule is Cc1ccc(OCC(=O)N2CCCN(C(=O)c3cccc(F)c3)CC2)c(C(C)(C)C)c1. The Hall–Kier alpha value is -2.89. The summed E-state index contributed by atoms with van der Waals surface area (Å²) < 4.78 is 19.4. The third kappa shape index (κ3) is 5.84. The first-order valence-electron chi connectivity index (χ1n) is 10.7. The van der Waals surface area contributed by atoms with Crippen LogP contribution in [0, 0.1) is 12.7 Å². The standard InChI is InChI=1S/C25H31FN2O3/c1-18-9-10-22(21(15-18)25(2,3)4)31-17-23(29)27-11-6-12-28(14-13-27)24(30)19-7-5-8-20(26)16-19/h5,7-10,15-16H,6,11-14,17H2,1-4H3. The van der Waals surface area contributed by atoms with Crippen molar-refractivity contribution in [3.63, 3.8) is 0 Å². The lowest BCUT2D eigenvalue weighted by atomic mass is 9.85. The van der Waals surface area contributed by atoms with Crippen molar-refractivity contribution < 1.29 is 18.7 Å². The molecule has 3 rings (SSSR count). The summed E-state index contributed by atoms with van der Waals surface area (Å²) in [6, 6.07) is 11.7. The molecule has 2 aromatic rings. The minimum Gasteiger partial charge on any atom is -0.483 e. The Morgan fingerprint density at radius 2 is 1.71 bits per heavy atom. The molecule has 0 atom stereocenters. The number of carbonyl (C=O) groups is 2. The second kappa shape index (κ2) is 9.50. The Labute approximate surface area is 183 Å². The van der Waals surface area contributed by atoms with E-state index in [1.807, 2.05) is 19.1 Å². The van der Waals surface area contributed by atoms with E-state index < -0.39 is 5.82 Å². The van der Waals surface area contributed by atoms with E-state index in [4.69, 9.17) is 4.74 Å². The third-order valence-electron chi connectivity index (χ3n) is 5.50. The van der Waals surface area contributed by atoms with Gasteiger partial charge in [-0.2, -0.15) is 0 Å². The second-order valence-electron chi connectivity index (χ2n) is 9.08. The average Bonchev–Trinajstić information content (AvgIpc) is 2.98. The fourth-order valence-electron chi connectivity index (χ4n) is 3.76. The van der Waals surface area contributed by atoms with Gasteiger partial charge < -0.3 is 14.5 Å². The number of ether oxygens (including phenoxy) is 1. The zero-order valence-electron chi connectivity index (χ0n) is 18.8. The fourth-order valence-corrected chi connectivity index (χ4v) is 3.76. The summed E-state index contributed by atoms with van der Waals surface area (Å²) >= 11 is 0. The van der Waals surface area contributed by atoms with E-state index in [9.17, 15) is 14.0 Å². The number of hydrogen-bond donors (Lipinski definition) is 0. The van der Waals surface area contributed by atoms with Crippen molar-refractivity contribution in [3.05, 3.63) is 65.0 Å². The smallest absolute Gasteiger partial charge is 0.260 e. The van der Waals surface area contributed by atoms with Crippen LogP contribution >= 0.6 is 0 Å². The molecule has 1 saturated heterocycles. The summed E-state index contributed by atoms with van der Waals surface area (Å²) in [5, 5.41) is 0. The normalized spacial score (nSPS) is 14.9. The Bertz CT molecular complexity index is 952. The Balaban J connectivity index is 1.60. The number of nitrogens with zero attached hydrogens (tertiary/aromatic N) is 2. The van der Waals surface area contributed by atoms with Crippen molar-refractivity contribution in [3.8, 4) is 5.75 Å². The number of amides is 2. The maximum absolute atomic E-state index is 13.5. The van der Waals surface area contributed by atoms with E-state index in [1.54, 1.807) is 15.9 Å². The first kappa shape index (κ1) is 22.8. The molecular weight excluding hydrogens is 395 g/mol. The van der Waals surface area contributed by atoms with Crippen molar-refractivity contribution in [2.24, 2.45) is 0 Å². The van der Waals surface area contributed by atoms with Crippen LogP contribution < -0.4 is 4.74 Å². The van der Waals surface area contributed by atoms with Gasteiger partial charge in [-0.15, -0.1) is 0 Å². The van der Waals surface area contributed by atoms with Crippen molar-refractivity contribution in [1.29, 1.82) is 0 Å². The van der Waals surface area contributed by atoms with E-state index in [2.05, 4.69) is 26.8 Å². The summed E-state index contributed by atoms with van der Waals surface area (Å²) in [6.45, 7) is 10.3. The highest BCUT2D eigenvalue weighted by Gasteiger charge is 2.24. The van der Waals surface area contributed by atoms with E-state index >= 15 is 0 Å². The van der Waals surface area contributed by atoms with Crippen molar-refractivity contribution in [2.45, 2.75) is 39.5 Å². The largest absolute Gasteiger partial charge is 0.483 e. The van der Waals surface area contributed by atoms with Gasteiger partial charge in [0.1, 0.15) is 11.6 Å². The molecule has 0 radical (unpaired) electrons. The second-order valence-corrected chi connectivity index (χ2v) is 9.08. The van der Waals surface area contributed by atoms with Gasteiger partial charge in [-0.3, -0.25) is 9.59 Å². The Kier molecular flexibility index (Phi) is 6.98. The minimum absolute atomic E-state index is 0.0377. The molecule has 0 bridgehead atoms. The Morgan fingerprint density at radius 1 is 1.00 bits per heavy atom. The number of aryl methyl sites for hydroxylation is 1. The molecule has 0 unspecified atom stereocenters.